The van der Waals surface area contributed by atoms with E-state index in [0.29, 0.717) is 22.4 Å². The van der Waals surface area contributed by atoms with Crippen LogP contribution in [-0.4, -0.2) is 14.5 Å². The van der Waals surface area contributed by atoms with Crippen LogP contribution in [0.25, 0.3) is 72.6 Å². The molecule has 0 saturated carbocycles. The summed E-state index contributed by atoms with van der Waals surface area (Å²) in [5.41, 5.74) is 11.6. The number of aryl methyl sites for hydroxylation is 2. The predicted octanol–water partition coefficient (Wildman–Crippen LogP) is 11.7. The maximum absolute atomic E-state index is 7.98. The fourth-order valence-electron chi connectivity index (χ4n) is 6.33. The van der Waals surface area contributed by atoms with Crippen molar-refractivity contribution >= 4 is 22.0 Å². The molecule has 249 valence electrons. The number of imidazole rings is 1. The first kappa shape index (κ1) is 30.0. The van der Waals surface area contributed by atoms with Crippen molar-refractivity contribution in [1.29, 1.82) is 0 Å². The monoisotopic (exact) mass is 839 g/mol. The molecule has 0 saturated heterocycles. The third-order valence-electron chi connectivity index (χ3n) is 8.59. The summed E-state index contributed by atoms with van der Waals surface area (Å²) < 4.78 is 32.0. The van der Waals surface area contributed by atoms with Crippen LogP contribution in [0.15, 0.2) is 168 Å². The number of aromatic nitrogens is 3. The van der Waals surface area contributed by atoms with E-state index < -0.39 is 6.85 Å². The number of pyridine rings is 1. The van der Waals surface area contributed by atoms with E-state index in [1.54, 1.807) is 24.4 Å². The second kappa shape index (κ2) is 14.9. The number of hydrogen-bond donors (Lipinski definition) is 0. The Balaban J connectivity index is 0.000000294. The molecule has 9 rings (SSSR count). The van der Waals surface area contributed by atoms with Crippen LogP contribution in [0.3, 0.4) is 0 Å². The molecule has 5 heteroatoms. The number of rotatable bonds is 5. The Labute approximate surface area is 315 Å². The van der Waals surface area contributed by atoms with E-state index in [4.69, 9.17) is 13.5 Å². The molecule has 0 bridgehead atoms. The van der Waals surface area contributed by atoms with Gasteiger partial charge < -0.3 is 14.0 Å². The number of nitrogens with zero attached hydrogens (tertiary/aromatic N) is 3. The zero-order valence-corrected chi connectivity index (χ0v) is 30.1. The summed E-state index contributed by atoms with van der Waals surface area (Å²) in [5.74, 6) is 0.630. The quantitative estimate of drug-likeness (QED) is 0.162. The van der Waals surface area contributed by atoms with Crippen LogP contribution in [-0.2, 0) is 20.1 Å². The number of hydrogen-bond acceptors (Lipinski definition) is 3. The van der Waals surface area contributed by atoms with Gasteiger partial charge in [-0.1, -0.05) is 120 Å². The number of benzene rings is 6. The Hall–Kier alpha value is -5.87. The Morgan fingerprint density at radius 2 is 1.37 bits per heavy atom. The van der Waals surface area contributed by atoms with Crippen molar-refractivity contribution in [1.82, 2.24) is 14.5 Å². The summed E-state index contributed by atoms with van der Waals surface area (Å²) in [5, 5.41) is 0.657. The standard InChI is InChI=1S/C35H25N2O.C11H8N.Ir/c1-23-17-18-33-29(19-23)30(22-38-33)35-36-31-15-9-10-16-32(31)37(35)34-27(25-11-5-3-6-12-25)20-24(2)21-28(34)26-13-7-4-8-14-26;1-2-6-10(7-3-1)11-8-4-5-9-12-11;/h3-21H,1-2H3;1-6,8-9H;/q2*-1;/i1D3;;. The van der Waals surface area contributed by atoms with E-state index in [-0.39, 0.29) is 25.7 Å². The third-order valence-corrected chi connectivity index (χ3v) is 8.59. The minimum Gasteiger partial charge on any atom is -0.557 e. The number of para-hydroxylation sites is 2. The van der Waals surface area contributed by atoms with E-state index >= 15 is 0 Å². The molecule has 1 radical (unpaired) electrons. The van der Waals surface area contributed by atoms with Gasteiger partial charge in [-0.05, 0) is 66.5 Å². The summed E-state index contributed by atoms with van der Waals surface area (Å²) in [6.07, 6.45) is 4.86. The third kappa shape index (κ3) is 6.82. The second-order valence-electron chi connectivity index (χ2n) is 12.0. The molecule has 0 aliphatic rings. The van der Waals surface area contributed by atoms with Crippen LogP contribution >= 0.6 is 0 Å². The van der Waals surface area contributed by atoms with E-state index in [1.165, 1.54) is 0 Å². The Morgan fingerprint density at radius 3 is 2.04 bits per heavy atom. The zero-order chi connectivity index (χ0) is 36.4. The van der Waals surface area contributed by atoms with Gasteiger partial charge in [-0.25, -0.2) is 0 Å². The molecule has 3 heterocycles. The molecule has 0 fully saturated rings. The summed E-state index contributed by atoms with van der Waals surface area (Å²) >= 11 is 0. The number of furan rings is 1. The van der Waals surface area contributed by atoms with Gasteiger partial charge in [0.1, 0.15) is 0 Å². The van der Waals surface area contributed by atoms with Crippen molar-refractivity contribution in [3.63, 3.8) is 0 Å². The average Bonchev–Trinajstić information content (AvgIpc) is 3.80. The molecule has 6 aromatic carbocycles. The fourth-order valence-corrected chi connectivity index (χ4v) is 6.33. The first-order valence-corrected chi connectivity index (χ1v) is 16.4. The minimum absolute atomic E-state index is 0. The van der Waals surface area contributed by atoms with Crippen LogP contribution in [0.2, 0.25) is 0 Å². The second-order valence-corrected chi connectivity index (χ2v) is 12.0. The number of fused-ring (bicyclic) bond motifs is 2. The normalized spacial score (nSPS) is 11.9. The van der Waals surface area contributed by atoms with E-state index in [9.17, 15) is 0 Å². The van der Waals surface area contributed by atoms with Gasteiger partial charge in [-0.3, -0.25) is 4.98 Å². The van der Waals surface area contributed by atoms with Gasteiger partial charge >= 0.3 is 0 Å². The SMILES string of the molecule is [2H]C([2H])([2H])c1ccc2o[c-]c(-c3nc4ccccc4n3-c3c(-c4ccccc4)cc(C)cc3-c3ccccc3)c2c1.[Ir].[c-]1ccccc1-c1ccccn1. The largest absolute Gasteiger partial charge is 0.557 e. The Bertz CT molecular complexity index is 2560. The maximum Gasteiger partial charge on any atom is 0.0774 e. The molecular weight excluding hydrogens is 803 g/mol. The topological polar surface area (TPSA) is 43.9 Å². The van der Waals surface area contributed by atoms with Gasteiger partial charge in [0.15, 0.2) is 0 Å². The van der Waals surface area contributed by atoms with Crippen LogP contribution in [0, 0.1) is 26.1 Å². The molecule has 0 aliphatic heterocycles. The van der Waals surface area contributed by atoms with Crippen LogP contribution < -0.4 is 0 Å². The van der Waals surface area contributed by atoms with E-state index in [2.05, 4.69) is 71.3 Å². The fraction of sp³-hybridized carbons (Fsp3) is 0.0435. The minimum atomic E-state index is -2.25. The van der Waals surface area contributed by atoms with Crippen molar-refractivity contribution in [3.8, 4) is 50.6 Å². The Morgan fingerprint density at radius 1 is 0.686 bits per heavy atom. The van der Waals surface area contributed by atoms with Gasteiger partial charge in [0, 0.05) is 53.4 Å². The van der Waals surface area contributed by atoms with Crippen molar-refractivity contribution in [2.24, 2.45) is 0 Å². The van der Waals surface area contributed by atoms with Gasteiger partial charge in [-0.15, -0.1) is 35.9 Å². The first-order chi connectivity index (χ1) is 25.8. The molecule has 3 aromatic heterocycles. The van der Waals surface area contributed by atoms with Gasteiger partial charge in [0.25, 0.3) is 0 Å². The molecule has 0 amide bonds. The summed E-state index contributed by atoms with van der Waals surface area (Å²) in [7, 11) is 0. The smallest absolute Gasteiger partial charge is 0.0774 e. The molecule has 0 N–H and O–H groups in total. The van der Waals surface area contributed by atoms with E-state index in [1.807, 2.05) is 97.1 Å². The first-order valence-electron chi connectivity index (χ1n) is 17.9. The molecule has 0 spiro atoms. The van der Waals surface area contributed by atoms with Crippen molar-refractivity contribution in [3.05, 3.63) is 187 Å². The molecule has 4 nitrogen and oxygen atoms in total. The van der Waals surface area contributed by atoms with Crippen molar-refractivity contribution < 1.29 is 28.6 Å². The summed E-state index contributed by atoms with van der Waals surface area (Å²) in [6, 6.07) is 54.9. The van der Waals surface area contributed by atoms with Crippen LogP contribution in [0.4, 0.5) is 0 Å². The molecule has 0 unspecified atom stereocenters. The average molecular weight is 839 g/mol. The Kier molecular flexibility index (Phi) is 8.79. The van der Waals surface area contributed by atoms with Crippen LogP contribution in [0.5, 0.6) is 0 Å². The van der Waals surface area contributed by atoms with Crippen LogP contribution in [0.1, 0.15) is 15.2 Å². The van der Waals surface area contributed by atoms with Crippen molar-refractivity contribution in [2.75, 3.05) is 0 Å². The van der Waals surface area contributed by atoms with Crippen molar-refractivity contribution in [2.45, 2.75) is 13.8 Å². The van der Waals surface area contributed by atoms with Gasteiger partial charge in [-0.2, -0.15) is 0 Å². The maximum atomic E-state index is 7.98. The molecule has 51 heavy (non-hydrogen) atoms. The van der Waals surface area contributed by atoms with Gasteiger partial charge in [0.2, 0.25) is 0 Å². The summed E-state index contributed by atoms with van der Waals surface area (Å²) in [6.45, 7) is -0.135. The van der Waals surface area contributed by atoms with E-state index in [0.717, 1.165) is 55.8 Å². The molecule has 0 aliphatic carbocycles. The van der Waals surface area contributed by atoms with Gasteiger partial charge in [0.05, 0.1) is 22.5 Å². The molecular formula is C46H33IrN3O-2. The zero-order valence-electron chi connectivity index (χ0n) is 30.7. The molecule has 0 atom stereocenters. The summed E-state index contributed by atoms with van der Waals surface area (Å²) in [4.78, 5) is 9.31. The molecule has 9 aromatic rings. The predicted molar refractivity (Wildman–Crippen MR) is 204 cm³/mol.